The van der Waals surface area contributed by atoms with Crippen LogP contribution in [-0.4, -0.2) is 4.98 Å². The van der Waals surface area contributed by atoms with Gasteiger partial charge in [-0.25, -0.2) is 8.96 Å². The van der Waals surface area contributed by atoms with Gasteiger partial charge in [0.1, 0.15) is 12.0 Å². The smallest absolute Gasteiger partial charge is 0.232 e. The molecule has 0 N–H and O–H groups in total. The van der Waals surface area contributed by atoms with Crippen molar-refractivity contribution in [2.75, 3.05) is 0 Å². The lowest BCUT2D eigenvalue weighted by Gasteiger charge is -2.05. The minimum Gasteiger partial charge on any atom is -0.232 e. The van der Waals surface area contributed by atoms with Crippen molar-refractivity contribution in [3.8, 4) is 11.4 Å². The number of nitrogens with zero attached hydrogens (tertiary/aromatic N) is 2. The highest BCUT2D eigenvalue weighted by atomic mass is 19.1. The maximum Gasteiger partial charge on any atom is 0.331 e. The van der Waals surface area contributed by atoms with Gasteiger partial charge in [-0.3, -0.25) is 0 Å². The summed E-state index contributed by atoms with van der Waals surface area (Å²) in [4.78, 5) is 4.90. The minimum absolute atomic E-state index is 0.225. The molecule has 0 aliphatic carbocycles. The van der Waals surface area contributed by atoms with Gasteiger partial charge in [0.15, 0.2) is 5.52 Å². The van der Waals surface area contributed by atoms with Crippen molar-refractivity contribution in [1.29, 1.82) is 0 Å². The second-order valence-corrected chi connectivity index (χ2v) is 5.86. The SMILES string of the molecule is Cc1ccccc1-c1nc2c(ccc3cc(F)ccc32)c[n+]1C. The first-order chi connectivity index (χ1) is 11.1. The first kappa shape index (κ1) is 13.8. The molecular formula is C20H16FN2+. The standard InChI is InChI=1S/C20H16FN2/c1-13-5-3-4-6-17(13)20-22-19-15(12-23(20)2)8-7-14-11-16(21)9-10-18(14)19/h3-12H,1-2H3/q+1. The molecule has 0 atom stereocenters. The summed E-state index contributed by atoms with van der Waals surface area (Å²) in [5, 5.41) is 2.89. The van der Waals surface area contributed by atoms with Crippen LogP contribution < -0.4 is 4.57 Å². The van der Waals surface area contributed by atoms with Gasteiger partial charge < -0.3 is 0 Å². The van der Waals surface area contributed by atoms with E-state index in [0.717, 1.165) is 33.1 Å². The molecule has 4 aromatic rings. The third kappa shape index (κ3) is 2.25. The molecule has 4 rings (SSSR count). The Morgan fingerprint density at radius 3 is 2.57 bits per heavy atom. The topological polar surface area (TPSA) is 16.8 Å². The molecule has 0 saturated carbocycles. The van der Waals surface area contributed by atoms with E-state index in [-0.39, 0.29) is 5.82 Å². The van der Waals surface area contributed by atoms with Crippen molar-refractivity contribution >= 4 is 21.7 Å². The molecule has 2 nitrogen and oxygen atoms in total. The summed E-state index contributed by atoms with van der Waals surface area (Å²) in [6.45, 7) is 2.08. The van der Waals surface area contributed by atoms with Gasteiger partial charge >= 0.3 is 5.82 Å². The zero-order valence-corrected chi connectivity index (χ0v) is 13.0. The molecule has 0 spiro atoms. The summed E-state index contributed by atoms with van der Waals surface area (Å²) in [6, 6.07) is 17.0. The Morgan fingerprint density at radius 2 is 1.74 bits per heavy atom. The maximum absolute atomic E-state index is 13.5. The van der Waals surface area contributed by atoms with E-state index in [1.54, 1.807) is 6.07 Å². The van der Waals surface area contributed by atoms with Gasteiger partial charge in [-0.05, 0) is 53.2 Å². The van der Waals surface area contributed by atoms with Crippen LogP contribution in [0.4, 0.5) is 4.39 Å². The zero-order valence-electron chi connectivity index (χ0n) is 13.0. The van der Waals surface area contributed by atoms with Crippen LogP contribution in [0, 0.1) is 12.7 Å². The molecule has 112 valence electrons. The molecule has 0 fully saturated rings. The van der Waals surface area contributed by atoms with Crippen molar-refractivity contribution in [1.82, 2.24) is 4.98 Å². The summed E-state index contributed by atoms with van der Waals surface area (Å²) < 4.78 is 15.5. The number of aryl methyl sites for hydroxylation is 2. The number of benzene rings is 3. The van der Waals surface area contributed by atoms with Crippen molar-refractivity contribution < 1.29 is 8.96 Å². The highest BCUT2D eigenvalue weighted by Gasteiger charge is 2.18. The van der Waals surface area contributed by atoms with E-state index in [1.165, 1.54) is 11.6 Å². The molecule has 23 heavy (non-hydrogen) atoms. The van der Waals surface area contributed by atoms with Crippen molar-refractivity contribution in [3.63, 3.8) is 0 Å². The van der Waals surface area contributed by atoms with Gasteiger partial charge in [0.05, 0.1) is 18.0 Å². The van der Waals surface area contributed by atoms with Crippen LogP contribution >= 0.6 is 0 Å². The lowest BCUT2D eigenvalue weighted by atomic mass is 10.1. The Morgan fingerprint density at radius 1 is 0.957 bits per heavy atom. The average Bonchev–Trinajstić information content (AvgIpc) is 2.54. The monoisotopic (exact) mass is 303 g/mol. The Kier molecular flexibility index (Phi) is 3.08. The predicted octanol–water partition coefficient (Wildman–Crippen LogP) is 4.33. The summed E-state index contributed by atoms with van der Waals surface area (Å²) >= 11 is 0. The molecule has 3 aromatic carbocycles. The highest BCUT2D eigenvalue weighted by Crippen LogP contribution is 2.26. The third-order valence-corrected chi connectivity index (χ3v) is 4.26. The first-order valence-corrected chi connectivity index (χ1v) is 7.58. The Balaban J connectivity index is 2.09. The van der Waals surface area contributed by atoms with Crippen LogP contribution in [0.3, 0.4) is 0 Å². The van der Waals surface area contributed by atoms with Crippen molar-refractivity contribution in [2.45, 2.75) is 6.92 Å². The number of halogens is 1. The summed E-state index contributed by atoms with van der Waals surface area (Å²) in [5.74, 6) is 0.685. The van der Waals surface area contributed by atoms with Crippen LogP contribution in [0.25, 0.3) is 33.1 Å². The Hall–Kier alpha value is -2.81. The summed E-state index contributed by atoms with van der Waals surface area (Å²) in [5.41, 5.74) is 3.19. The van der Waals surface area contributed by atoms with E-state index in [0.29, 0.717) is 0 Å². The lowest BCUT2D eigenvalue weighted by Crippen LogP contribution is -2.32. The van der Waals surface area contributed by atoms with E-state index < -0.39 is 0 Å². The van der Waals surface area contributed by atoms with Crippen molar-refractivity contribution in [3.05, 3.63) is 72.2 Å². The molecule has 1 aromatic heterocycles. The molecule has 0 unspecified atom stereocenters. The second-order valence-electron chi connectivity index (χ2n) is 5.86. The quantitative estimate of drug-likeness (QED) is 0.378. The molecule has 0 aliphatic heterocycles. The average molecular weight is 303 g/mol. The fraction of sp³-hybridized carbons (Fsp3) is 0.100. The van der Waals surface area contributed by atoms with Crippen molar-refractivity contribution in [2.24, 2.45) is 7.05 Å². The third-order valence-electron chi connectivity index (χ3n) is 4.26. The fourth-order valence-corrected chi connectivity index (χ4v) is 3.06. The summed E-state index contributed by atoms with van der Waals surface area (Å²) in [7, 11) is 2.00. The van der Waals surface area contributed by atoms with Gasteiger partial charge in [-0.15, -0.1) is 0 Å². The Bertz CT molecular complexity index is 1050. The van der Waals surface area contributed by atoms with Crippen LogP contribution in [0.5, 0.6) is 0 Å². The molecule has 0 saturated heterocycles. The van der Waals surface area contributed by atoms with Crippen LogP contribution in [0.15, 0.2) is 60.8 Å². The number of hydrogen-bond acceptors (Lipinski definition) is 1. The number of hydrogen-bond donors (Lipinski definition) is 0. The second kappa shape index (κ2) is 5.13. The van der Waals surface area contributed by atoms with Gasteiger partial charge in [-0.1, -0.05) is 24.3 Å². The maximum atomic E-state index is 13.5. The summed E-state index contributed by atoms with van der Waals surface area (Å²) in [6.07, 6.45) is 2.08. The van der Waals surface area contributed by atoms with Gasteiger partial charge in [0.25, 0.3) is 0 Å². The van der Waals surface area contributed by atoms with Gasteiger partial charge in [0, 0.05) is 5.39 Å². The van der Waals surface area contributed by atoms with E-state index in [4.69, 9.17) is 4.98 Å². The van der Waals surface area contributed by atoms with Crippen LogP contribution in [0.2, 0.25) is 0 Å². The molecule has 0 radical (unpaired) electrons. The highest BCUT2D eigenvalue weighted by molar-refractivity contribution is 6.05. The molecule has 0 amide bonds. The Labute approximate surface area is 133 Å². The molecule has 1 heterocycles. The van der Waals surface area contributed by atoms with E-state index in [2.05, 4.69) is 25.3 Å². The first-order valence-electron chi connectivity index (χ1n) is 7.58. The van der Waals surface area contributed by atoms with E-state index in [1.807, 2.05) is 41.9 Å². The number of rotatable bonds is 1. The molecule has 3 heteroatoms. The number of fused-ring (bicyclic) bond motifs is 3. The number of aromatic nitrogens is 2. The predicted molar refractivity (Wildman–Crippen MR) is 90.6 cm³/mol. The van der Waals surface area contributed by atoms with Gasteiger partial charge in [-0.2, -0.15) is 0 Å². The van der Waals surface area contributed by atoms with Crippen LogP contribution in [0.1, 0.15) is 5.56 Å². The molecule has 0 bridgehead atoms. The van der Waals surface area contributed by atoms with Crippen LogP contribution in [-0.2, 0) is 7.05 Å². The normalized spacial score (nSPS) is 11.3. The van der Waals surface area contributed by atoms with E-state index >= 15 is 0 Å². The molecular weight excluding hydrogens is 287 g/mol. The van der Waals surface area contributed by atoms with Gasteiger partial charge in [0.2, 0.25) is 0 Å². The largest absolute Gasteiger partial charge is 0.331 e. The molecule has 0 aliphatic rings. The fourth-order valence-electron chi connectivity index (χ4n) is 3.06. The lowest BCUT2D eigenvalue weighted by molar-refractivity contribution is -0.661. The van der Waals surface area contributed by atoms with E-state index in [9.17, 15) is 4.39 Å². The minimum atomic E-state index is -0.225. The zero-order chi connectivity index (χ0) is 16.0.